The fourth-order valence-corrected chi connectivity index (χ4v) is 4.63. The summed E-state index contributed by atoms with van der Waals surface area (Å²) in [5.41, 5.74) is 2.12. The van der Waals surface area contributed by atoms with Crippen LogP contribution in [0.25, 0.3) is 0 Å². The number of ether oxygens (including phenoxy) is 1. The molecule has 5 atom stereocenters. The lowest BCUT2D eigenvalue weighted by atomic mass is 9.82. The van der Waals surface area contributed by atoms with Gasteiger partial charge in [-0.1, -0.05) is 24.3 Å². The number of hydrogen-bond donors (Lipinski definition) is 2. The number of aliphatic hydroxyl groups is 1. The molecule has 5 nitrogen and oxygen atoms in total. The predicted octanol–water partition coefficient (Wildman–Crippen LogP) is 2.31. The molecule has 4 rings (SSSR count). The second kappa shape index (κ2) is 6.96. The zero-order valence-corrected chi connectivity index (χ0v) is 15.2. The quantitative estimate of drug-likeness (QED) is 0.651. The molecule has 0 saturated carbocycles. The lowest BCUT2D eigenvalue weighted by Crippen LogP contribution is -2.41. The molecule has 3 heterocycles. The molecule has 136 valence electrons. The highest BCUT2D eigenvalue weighted by molar-refractivity contribution is 5.80. The van der Waals surface area contributed by atoms with Gasteiger partial charge in [-0.15, -0.1) is 0 Å². The van der Waals surface area contributed by atoms with E-state index in [4.69, 9.17) is 9.73 Å². The summed E-state index contributed by atoms with van der Waals surface area (Å²) in [5, 5.41) is 13.1. The molecule has 3 aliphatic heterocycles. The normalized spacial score (nSPS) is 32.1. The summed E-state index contributed by atoms with van der Waals surface area (Å²) in [6.45, 7) is 7.60. The number of hydrogen-bond acceptors (Lipinski definition) is 3. The largest absolute Gasteiger partial charge is 0.389 e. The van der Waals surface area contributed by atoms with Crippen molar-refractivity contribution in [2.75, 3.05) is 19.6 Å². The Morgan fingerprint density at radius 3 is 2.44 bits per heavy atom. The van der Waals surface area contributed by atoms with Crippen molar-refractivity contribution in [2.24, 2.45) is 16.8 Å². The van der Waals surface area contributed by atoms with Crippen molar-refractivity contribution in [3.05, 3.63) is 35.4 Å². The first-order chi connectivity index (χ1) is 12.2. The van der Waals surface area contributed by atoms with Crippen molar-refractivity contribution in [3.8, 4) is 0 Å². The van der Waals surface area contributed by atoms with Gasteiger partial charge in [-0.25, -0.2) is 4.99 Å². The fourth-order valence-electron chi connectivity index (χ4n) is 4.63. The van der Waals surface area contributed by atoms with E-state index in [1.165, 1.54) is 18.4 Å². The van der Waals surface area contributed by atoms with Crippen molar-refractivity contribution >= 4 is 5.96 Å². The lowest BCUT2D eigenvalue weighted by Gasteiger charge is -2.23. The summed E-state index contributed by atoms with van der Waals surface area (Å²) in [4.78, 5) is 7.29. The van der Waals surface area contributed by atoms with Crippen molar-refractivity contribution in [3.63, 3.8) is 0 Å². The van der Waals surface area contributed by atoms with Crippen molar-refractivity contribution < 1.29 is 9.84 Å². The highest BCUT2D eigenvalue weighted by atomic mass is 16.5. The SMILES string of the molecule is CCNC(=NCc1ccc(C(C)O)cc1)N1CC2C3CCC(O3)C2C1. The number of nitrogens with zero attached hydrogens (tertiary/aromatic N) is 2. The summed E-state index contributed by atoms with van der Waals surface area (Å²) >= 11 is 0. The van der Waals surface area contributed by atoms with E-state index >= 15 is 0 Å². The minimum absolute atomic E-state index is 0.420. The van der Waals surface area contributed by atoms with Crippen LogP contribution in [0.15, 0.2) is 29.3 Å². The molecule has 5 unspecified atom stereocenters. The van der Waals surface area contributed by atoms with Gasteiger partial charge in [-0.05, 0) is 37.8 Å². The third kappa shape index (κ3) is 3.27. The molecule has 3 fully saturated rings. The van der Waals surface area contributed by atoms with Gasteiger partial charge in [0.15, 0.2) is 5.96 Å². The molecule has 0 radical (unpaired) electrons. The molecule has 25 heavy (non-hydrogen) atoms. The van der Waals surface area contributed by atoms with Gasteiger partial charge in [0.05, 0.1) is 24.9 Å². The Kier molecular flexibility index (Phi) is 4.69. The molecule has 0 aliphatic carbocycles. The smallest absolute Gasteiger partial charge is 0.194 e. The Hall–Kier alpha value is -1.59. The van der Waals surface area contributed by atoms with Gasteiger partial charge < -0.3 is 20.1 Å². The van der Waals surface area contributed by atoms with Crippen molar-refractivity contribution in [2.45, 2.75) is 51.5 Å². The molecule has 2 N–H and O–H groups in total. The first kappa shape index (κ1) is 16.9. The van der Waals surface area contributed by atoms with E-state index in [0.29, 0.717) is 30.6 Å². The summed E-state index contributed by atoms with van der Waals surface area (Å²) in [6, 6.07) is 8.08. The standard InChI is InChI=1S/C20H29N3O2/c1-3-21-20(22-10-14-4-6-15(7-5-14)13(2)24)23-11-16-17(12-23)19-9-8-18(16)25-19/h4-7,13,16-19,24H,3,8-12H2,1-2H3,(H,21,22). The molecule has 5 heteroatoms. The van der Waals surface area contributed by atoms with E-state index in [1.807, 2.05) is 12.1 Å². The van der Waals surface area contributed by atoms with E-state index < -0.39 is 6.10 Å². The molecule has 1 aromatic rings. The zero-order valence-electron chi connectivity index (χ0n) is 15.2. The van der Waals surface area contributed by atoms with Crippen LogP contribution in [0, 0.1) is 11.8 Å². The van der Waals surface area contributed by atoms with Crippen LogP contribution in [0.5, 0.6) is 0 Å². The van der Waals surface area contributed by atoms with Crippen LogP contribution in [0.2, 0.25) is 0 Å². The van der Waals surface area contributed by atoms with Gasteiger partial charge in [0.2, 0.25) is 0 Å². The van der Waals surface area contributed by atoms with Crippen molar-refractivity contribution in [1.29, 1.82) is 0 Å². The summed E-state index contributed by atoms with van der Waals surface area (Å²) < 4.78 is 6.08. The maximum atomic E-state index is 9.62. The summed E-state index contributed by atoms with van der Waals surface area (Å²) in [7, 11) is 0. The molecule has 1 aromatic carbocycles. The fraction of sp³-hybridized carbons (Fsp3) is 0.650. The van der Waals surface area contributed by atoms with Gasteiger partial charge in [-0.2, -0.15) is 0 Å². The predicted molar refractivity (Wildman–Crippen MR) is 98.3 cm³/mol. The number of benzene rings is 1. The van der Waals surface area contributed by atoms with Gasteiger partial charge in [0.1, 0.15) is 0 Å². The van der Waals surface area contributed by atoms with Gasteiger partial charge in [0.25, 0.3) is 0 Å². The molecule has 0 amide bonds. The highest BCUT2D eigenvalue weighted by Crippen LogP contribution is 2.47. The summed E-state index contributed by atoms with van der Waals surface area (Å²) in [5.74, 6) is 2.40. The highest BCUT2D eigenvalue weighted by Gasteiger charge is 2.53. The first-order valence-electron chi connectivity index (χ1n) is 9.61. The van der Waals surface area contributed by atoms with Gasteiger partial charge in [-0.3, -0.25) is 0 Å². The van der Waals surface area contributed by atoms with Crippen molar-refractivity contribution in [1.82, 2.24) is 10.2 Å². The topological polar surface area (TPSA) is 57.1 Å². The molecule has 3 aliphatic rings. The third-order valence-corrected chi connectivity index (χ3v) is 5.96. The number of aliphatic imine (C=N–C) groups is 1. The van der Waals surface area contributed by atoms with Crippen LogP contribution in [0.4, 0.5) is 0 Å². The van der Waals surface area contributed by atoms with Gasteiger partial charge in [0, 0.05) is 31.5 Å². The number of likely N-dealkylation sites (tertiary alicyclic amines) is 1. The molecule has 3 saturated heterocycles. The number of aliphatic hydroxyl groups excluding tert-OH is 1. The monoisotopic (exact) mass is 343 g/mol. The van der Waals surface area contributed by atoms with E-state index in [0.717, 1.165) is 31.2 Å². The minimum Gasteiger partial charge on any atom is -0.389 e. The number of guanidine groups is 1. The first-order valence-corrected chi connectivity index (χ1v) is 9.61. The molecule has 0 spiro atoms. The second-order valence-electron chi connectivity index (χ2n) is 7.61. The van der Waals surface area contributed by atoms with E-state index in [-0.39, 0.29) is 0 Å². The van der Waals surface area contributed by atoms with E-state index in [1.54, 1.807) is 6.92 Å². The number of fused-ring (bicyclic) bond motifs is 5. The average molecular weight is 343 g/mol. The van der Waals surface area contributed by atoms with Crippen LogP contribution in [-0.4, -0.2) is 47.8 Å². The average Bonchev–Trinajstić information content (AvgIpc) is 3.31. The summed E-state index contributed by atoms with van der Waals surface area (Å²) in [6.07, 6.45) is 3.02. The van der Waals surface area contributed by atoms with Crippen LogP contribution in [-0.2, 0) is 11.3 Å². The lowest BCUT2D eigenvalue weighted by molar-refractivity contribution is 0.0767. The molecule has 2 bridgehead atoms. The zero-order chi connectivity index (χ0) is 17.4. The Morgan fingerprint density at radius 2 is 1.88 bits per heavy atom. The Bertz CT molecular complexity index is 610. The Labute approximate surface area is 150 Å². The van der Waals surface area contributed by atoms with E-state index in [2.05, 4.69) is 29.3 Å². The number of rotatable bonds is 4. The minimum atomic E-state index is -0.420. The van der Waals surface area contributed by atoms with Crippen LogP contribution < -0.4 is 5.32 Å². The van der Waals surface area contributed by atoms with Crippen LogP contribution in [0.1, 0.15) is 43.9 Å². The Morgan fingerprint density at radius 1 is 1.24 bits per heavy atom. The van der Waals surface area contributed by atoms with Crippen LogP contribution in [0.3, 0.4) is 0 Å². The number of nitrogens with one attached hydrogen (secondary N) is 1. The maximum Gasteiger partial charge on any atom is 0.194 e. The van der Waals surface area contributed by atoms with E-state index in [9.17, 15) is 5.11 Å². The maximum absolute atomic E-state index is 9.62. The molecular formula is C20H29N3O2. The molecular weight excluding hydrogens is 314 g/mol. The molecule has 0 aromatic heterocycles. The second-order valence-corrected chi connectivity index (χ2v) is 7.61. The van der Waals surface area contributed by atoms with Crippen LogP contribution >= 0.6 is 0 Å². The van der Waals surface area contributed by atoms with Gasteiger partial charge >= 0.3 is 0 Å². The third-order valence-electron chi connectivity index (χ3n) is 5.96. The Balaban J connectivity index is 1.43.